The van der Waals surface area contributed by atoms with Crippen molar-refractivity contribution in [2.24, 2.45) is 0 Å². The van der Waals surface area contributed by atoms with Gasteiger partial charge in [-0.1, -0.05) is 30.3 Å². The van der Waals surface area contributed by atoms with Crippen molar-refractivity contribution in [3.8, 4) is 0 Å². The van der Waals surface area contributed by atoms with Gasteiger partial charge in [0.2, 0.25) is 0 Å². The van der Waals surface area contributed by atoms with Crippen molar-refractivity contribution in [2.45, 2.75) is 6.54 Å². The minimum absolute atomic E-state index is 0.145. The van der Waals surface area contributed by atoms with Gasteiger partial charge in [-0.3, -0.25) is 4.79 Å². The zero-order valence-electron chi connectivity index (χ0n) is 14.5. The molecule has 0 unspecified atom stereocenters. The number of rotatable bonds is 4. The third kappa shape index (κ3) is 3.95. The van der Waals surface area contributed by atoms with Gasteiger partial charge in [-0.05, 0) is 24.3 Å². The number of hydrogen-bond donors (Lipinski definition) is 1. The van der Waals surface area contributed by atoms with Crippen molar-refractivity contribution in [1.82, 2.24) is 4.90 Å². The molecule has 1 saturated heterocycles. The quantitative estimate of drug-likeness (QED) is 0.918. The predicted molar refractivity (Wildman–Crippen MR) is 97.5 cm³/mol. The minimum atomic E-state index is 0.145. The van der Waals surface area contributed by atoms with Gasteiger partial charge in [-0.15, -0.1) is 0 Å². The highest BCUT2D eigenvalue weighted by molar-refractivity contribution is 5.94. The number of carbonyl (C=O) groups excluding carboxylic acids is 1. The van der Waals surface area contributed by atoms with Crippen molar-refractivity contribution >= 4 is 11.6 Å². The molecular formula is C20H26N3O+. The van der Waals surface area contributed by atoms with Crippen LogP contribution < -0.4 is 9.80 Å². The highest BCUT2D eigenvalue weighted by atomic mass is 16.2. The Morgan fingerprint density at radius 1 is 0.917 bits per heavy atom. The third-order valence-corrected chi connectivity index (χ3v) is 4.45. The maximum atomic E-state index is 12.7. The highest BCUT2D eigenvalue weighted by Crippen LogP contribution is 2.17. The van der Waals surface area contributed by atoms with Crippen LogP contribution in [0.4, 0.5) is 5.69 Å². The summed E-state index contributed by atoms with van der Waals surface area (Å²) in [6.07, 6.45) is 0. The van der Waals surface area contributed by atoms with Crippen molar-refractivity contribution in [1.29, 1.82) is 0 Å². The monoisotopic (exact) mass is 324 g/mol. The average Bonchev–Trinajstić information content (AvgIpc) is 2.62. The first-order valence-corrected chi connectivity index (χ1v) is 8.61. The van der Waals surface area contributed by atoms with E-state index in [0.29, 0.717) is 0 Å². The molecule has 1 N–H and O–H groups in total. The second kappa shape index (κ2) is 7.49. The first kappa shape index (κ1) is 16.5. The molecular weight excluding hydrogens is 298 g/mol. The summed E-state index contributed by atoms with van der Waals surface area (Å²) < 4.78 is 0. The molecule has 0 bridgehead atoms. The van der Waals surface area contributed by atoms with E-state index in [-0.39, 0.29) is 5.91 Å². The molecule has 0 radical (unpaired) electrons. The maximum Gasteiger partial charge on any atom is 0.253 e. The summed E-state index contributed by atoms with van der Waals surface area (Å²) in [5.74, 6) is 0.145. The van der Waals surface area contributed by atoms with E-state index in [0.717, 1.165) is 38.3 Å². The van der Waals surface area contributed by atoms with Gasteiger partial charge in [0, 0.05) is 43.0 Å². The van der Waals surface area contributed by atoms with Crippen LogP contribution in [0.15, 0.2) is 54.6 Å². The van der Waals surface area contributed by atoms with E-state index in [4.69, 9.17) is 0 Å². The van der Waals surface area contributed by atoms with E-state index >= 15 is 0 Å². The Bertz CT molecular complexity index is 659. The first-order valence-electron chi connectivity index (χ1n) is 8.61. The van der Waals surface area contributed by atoms with Crippen LogP contribution in [0.1, 0.15) is 15.9 Å². The van der Waals surface area contributed by atoms with Gasteiger partial charge in [0.15, 0.2) is 0 Å². The van der Waals surface area contributed by atoms with Gasteiger partial charge in [0.25, 0.3) is 5.91 Å². The number of benzene rings is 2. The van der Waals surface area contributed by atoms with E-state index < -0.39 is 0 Å². The number of nitrogens with zero attached hydrogens (tertiary/aromatic N) is 2. The molecule has 0 saturated carbocycles. The molecule has 2 aromatic carbocycles. The van der Waals surface area contributed by atoms with E-state index in [2.05, 4.69) is 55.4 Å². The minimum Gasteiger partial charge on any atom is -0.368 e. The lowest BCUT2D eigenvalue weighted by Gasteiger charge is -2.36. The van der Waals surface area contributed by atoms with Gasteiger partial charge in [-0.2, -0.15) is 0 Å². The summed E-state index contributed by atoms with van der Waals surface area (Å²) in [6.45, 7) is 4.30. The molecule has 3 rings (SSSR count). The lowest BCUT2D eigenvalue weighted by atomic mass is 10.1. The van der Waals surface area contributed by atoms with Crippen LogP contribution in [0.25, 0.3) is 0 Å². The zero-order valence-corrected chi connectivity index (χ0v) is 14.5. The van der Waals surface area contributed by atoms with Crippen molar-refractivity contribution in [2.75, 3.05) is 45.2 Å². The molecule has 0 atom stereocenters. The van der Waals surface area contributed by atoms with Crippen LogP contribution in [-0.2, 0) is 6.54 Å². The zero-order chi connectivity index (χ0) is 16.9. The first-order chi connectivity index (χ1) is 11.6. The van der Waals surface area contributed by atoms with Crippen LogP contribution in [0.5, 0.6) is 0 Å². The SMILES string of the molecule is C[NH+](C)Cc1ccc(C(=O)N2CCN(c3ccccc3)CC2)cc1. The summed E-state index contributed by atoms with van der Waals surface area (Å²) in [6, 6.07) is 18.5. The van der Waals surface area contributed by atoms with E-state index in [1.807, 2.05) is 23.1 Å². The molecule has 1 heterocycles. The van der Waals surface area contributed by atoms with Crippen LogP contribution in [0.3, 0.4) is 0 Å². The fraction of sp³-hybridized carbons (Fsp3) is 0.350. The third-order valence-electron chi connectivity index (χ3n) is 4.45. The van der Waals surface area contributed by atoms with Crippen molar-refractivity contribution in [3.05, 3.63) is 65.7 Å². The maximum absolute atomic E-state index is 12.7. The summed E-state index contributed by atoms with van der Waals surface area (Å²) >= 11 is 0. The number of nitrogens with one attached hydrogen (secondary N) is 1. The summed E-state index contributed by atoms with van der Waals surface area (Å²) in [5, 5.41) is 0. The Morgan fingerprint density at radius 2 is 1.54 bits per heavy atom. The van der Waals surface area contributed by atoms with Gasteiger partial charge < -0.3 is 14.7 Å². The fourth-order valence-electron chi connectivity index (χ4n) is 3.16. The standard InChI is InChI=1S/C20H25N3O/c1-21(2)16-17-8-10-18(11-9-17)20(24)23-14-12-22(13-15-23)19-6-4-3-5-7-19/h3-11H,12-16H2,1-2H3/p+1. The van der Waals surface area contributed by atoms with Crippen LogP contribution >= 0.6 is 0 Å². The van der Waals surface area contributed by atoms with Crippen molar-refractivity contribution in [3.63, 3.8) is 0 Å². The molecule has 1 aliphatic heterocycles. The van der Waals surface area contributed by atoms with Crippen LogP contribution in [0.2, 0.25) is 0 Å². The smallest absolute Gasteiger partial charge is 0.253 e. The Morgan fingerprint density at radius 3 is 2.12 bits per heavy atom. The number of amides is 1. The van der Waals surface area contributed by atoms with Gasteiger partial charge in [0.05, 0.1) is 14.1 Å². The molecule has 1 aliphatic rings. The number of anilines is 1. The normalized spacial score (nSPS) is 15.0. The Hall–Kier alpha value is -2.33. The second-order valence-corrected chi connectivity index (χ2v) is 6.70. The number of hydrogen-bond acceptors (Lipinski definition) is 2. The van der Waals surface area contributed by atoms with E-state index in [1.54, 1.807) is 0 Å². The largest absolute Gasteiger partial charge is 0.368 e. The topological polar surface area (TPSA) is 28.0 Å². The molecule has 2 aromatic rings. The molecule has 1 fully saturated rings. The number of piperazine rings is 1. The summed E-state index contributed by atoms with van der Waals surface area (Å²) in [5.41, 5.74) is 3.29. The average molecular weight is 324 g/mol. The van der Waals surface area contributed by atoms with Crippen molar-refractivity contribution < 1.29 is 9.69 Å². The lowest BCUT2D eigenvalue weighted by molar-refractivity contribution is -0.872. The predicted octanol–water partition coefficient (Wildman–Crippen LogP) is 1.29. The van der Waals surface area contributed by atoms with Gasteiger partial charge in [0.1, 0.15) is 6.54 Å². The van der Waals surface area contributed by atoms with Crippen LogP contribution in [0, 0.1) is 0 Å². The number of para-hydroxylation sites is 1. The lowest BCUT2D eigenvalue weighted by Crippen LogP contribution is -3.04. The van der Waals surface area contributed by atoms with Gasteiger partial charge in [-0.25, -0.2) is 0 Å². The molecule has 4 heteroatoms. The molecule has 0 spiro atoms. The number of carbonyl (C=O) groups is 1. The molecule has 0 aliphatic carbocycles. The molecule has 1 amide bonds. The summed E-state index contributed by atoms with van der Waals surface area (Å²) in [4.78, 5) is 18.4. The molecule has 126 valence electrons. The van der Waals surface area contributed by atoms with E-state index in [9.17, 15) is 4.79 Å². The fourth-order valence-corrected chi connectivity index (χ4v) is 3.16. The highest BCUT2D eigenvalue weighted by Gasteiger charge is 2.22. The Labute approximate surface area is 144 Å². The molecule has 4 nitrogen and oxygen atoms in total. The summed E-state index contributed by atoms with van der Waals surface area (Å²) in [7, 11) is 4.26. The van der Waals surface area contributed by atoms with Crippen LogP contribution in [-0.4, -0.2) is 51.1 Å². The van der Waals surface area contributed by atoms with Gasteiger partial charge >= 0.3 is 0 Å². The Kier molecular flexibility index (Phi) is 5.16. The van der Waals surface area contributed by atoms with E-state index in [1.165, 1.54) is 16.2 Å². The molecule has 0 aromatic heterocycles. The second-order valence-electron chi connectivity index (χ2n) is 6.70. The number of quaternary nitrogens is 1. The molecule has 24 heavy (non-hydrogen) atoms. The Balaban J connectivity index is 1.59.